The van der Waals surface area contributed by atoms with Crippen LogP contribution in [0.1, 0.15) is 34.6 Å². The number of hydrogen-bond donors (Lipinski definition) is 0. The Balaban J connectivity index is 0.00000109. The zero-order valence-electron chi connectivity index (χ0n) is 29.5. The molecule has 10 nitrogen and oxygen atoms in total. The van der Waals surface area contributed by atoms with Gasteiger partial charge in [-0.3, -0.25) is 9.59 Å². The van der Waals surface area contributed by atoms with E-state index in [4.69, 9.17) is 23.7 Å². The molecule has 0 aliphatic rings. The van der Waals surface area contributed by atoms with E-state index in [1.165, 1.54) is 27.2 Å². The first-order valence-corrected chi connectivity index (χ1v) is 14.8. The van der Waals surface area contributed by atoms with Gasteiger partial charge in [0.05, 0.1) is 14.2 Å². The molecule has 0 saturated carbocycles. The lowest BCUT2D eigenvalue weighted by molar-refractivity contribution is -0.130. The molecule has 0 heterocycles. The van der Waals surface area contributed by atoms with Crippen molar-refractivity contribution >= 4 is 30.5 Å². The highest BCUT2D eigenvalue weighted by Gasteiger charge is 2.20. The molecule has 0 unspecified atom stereocenters. The Kier molecular flexibility index (Phi) is 16.8. The highest BCUT2D eigenvalue weighted by Crippen LogP contribution is 2.43. The number of allylic oxidation sites excluding steroid dienone is 2. The average molecular weight is 683 g/mol. The summed E-state index contributed by atoms with van der Waals surface area (Å²) in [5, 5.41) is 0. The molecule has 0 radical (unpaired) electrons. The maximum atomic E-state index is 12.6. The minimum absolute atomic E-state index is 0.194. The Morgan fingerprint density at radius 1 is 0.500 bits per heavy atom. The van der Waals surface area contributed by atoms with Crippen molar-refractivity contribution in [2.75, 3.05) is 14.2 Å². The molecule has 0 aliphatic carbocycles. The summed E-state index contributed by atoms with van der Waals surface area (Å²) in [7, 11) is 2.96. The van der Waals surface area contributed by atoms with E-state index in [0.717, 1.165) is 12.6 Å². The van der Waals surface area contributed by atoms with Gasteiger partial charge in [-0.2, -0.15) is 0 Å². The maximum Gasteiger partial charge on any atom is 0.338 e. The monoisotopic (exact) mass is 682 g/mol. The molecule has 3 aromatic rings. The van der Waals surface area contributed by atoms with Gasteiger partial charge in [0.25, 0.3) is 0 Å². The molecule has 10 heteroatoms. The van der Waals surface area contributed by atoms with Gasteiger partial charge in [-0.05, 0) is 81.2 Å². The number of methoxy groups -OCH3 is 2. The van der Waals surface area contributed by atoms with Crippen molar-refractivity contribution in [1.82, 2.24) is 0 Å². The number of rotatable bonds is 12. The van der Waals surface area contributed by atoms with E-state index in [-0.39, 0.29) is 28.2 Å². The molecule has 0 bridgehead atoms. The Bertz CT molecular complexity index is 1790. The highest BCUT2D eigenvalue weighted by molar-refractivity contribution is 5.93. The van der Waals surface area contributed by atoms with E-state index in [1.54, 1.807) is 76.2 Å². The van der Waals surface area contributed by atoms with Gasteiger partial charge in [0, 0.05) is 33.9 Å². The van der Waals surface area contributed by atoms with Gasteiger partial charge in [0.1, 0.15) is 29.8 Å². The molecule has 0 saturated heterocycles. The first-order chi connectivity index (χ1) is 23.5. The summed E-state index contributed by atoms with van der Waals surface area (Å²) in [5.74, 6) is -0.262. The summed E-state index contributed by atoms with van der Waals surface area (Å²) >= 11 is 0. The molecular weight excluding hydrogens is 640 g/mol. The Labute approximate surface area is 293 Å². The predicted molar refractivity (Wildman–Crippen MR) is 194 cm³/mol. The first kappa shape index (κ1) is 41.7. The number of carbonyl (C=O) groups excluding carboxylic acids is 5. The summed E-state index contributed by atoms with van der Waals surface area (Å²) in [4.78, 5) is 55.6. The number of esters is 3. The molecular formula is C40H42O10. The first-order valence-electron chi connectivity index (χ1n) is 14.8. The van der Waals surface area contributed by atoms with Crippen LogP contribution >= 0.6 is 0 Å². The van der Waals surface area contributed by atoms with Crippen LogP contribution in [0.15, 0.2) is 115 Å². The van der Waals surface area contributed by atoms with Gasteiger partial charge in [-0.1, -0.05) is 57.2 Å². The highest BCUT2D eigenvalue weighted by atomic mass is 16.5. The predicted octanol–water partition coefficient (Wildman–Crippen LogP) is 8.01. The van der Waals surface area contributed by atoms with Gasteiger partial charge < -0.3 is 23.7 Å². The summed E-state index contributed by atoms with van der Waals surface area (Å²) in [6.45, 7) is 25.5. The van der Waals surface area contributed by atoms with Crippen molar-refractivity contribution in [2.24, 2.45) is 0 Å². The summed E-state index contributed by atoms with van der Waals surface area (Å²) in [6, 6.07) is 15.1. The van der Waals surface area contributed by atoms with E-state index >= 15 is 0 Å². The number of aldehydes is 2. The minimum atomic E-state index is -0.619. The van der Waals surface area contributed by atoms with Gasteiger partial charge >= 0.3 is 17.9 Å². The molecule has 3 rings (SSSR count). The SMILES string of the molecule is C=C(C)C(=O)Oc1ccc(-c2ccc(-c3cc(OC)c(OC)cc3OC(=O)C(=C)C)cc2OC(=O)C(=C)C)cc1.C=C(C)C=O.C=C(C)C=O. The van der Waals surface area contributed by atoms with Crippen molar-refractivity contribution in [3.05, 3.63) is 115 Å². The van der Waals surface area contributed by atoms with Crippen LogP contribution < -0.4 is 23.7 Å². The summed E-state index contributed by atoms with van der Waals surface area (Å²) in [5.41, 5.74) is 4.15. The van der Waals surface area contributed by atoms with Gasteiger partial charge in [-0.25, -0.2) is 14.4 Å². The van der Waals surface area contributed by atoms with E-state index in [0.29, 0.717) is 50.6 Å². The topological polar surface area (TPSA) is 132 Å². The van der Waals surface area contributed by atoms with E-state index < -0.39 is 17.9 Å². The molecule has 262 valence electrons. The lowest BCUT2D eigenvalue weighted by atomic mass is 9.98. The quantitative estimate of drug-likeness (QED) is 0.0801. The number of hydrogen-bond acceptors (Lipinski definition) is 10. The van der Waals surface area contributed by atoms with Crippen LogP contribution in [0.25, 0.3) is 22.3 Å². The number of ether oxygens (including phenoxy) is 5. The second kappa shape index (κ2) is 20.2. The minimum Gasteiger partial charge on any atom is -0.493 e. The lowest BCUT2D eigenvalue weighted by Crippen LogP contribution is -2.10. The Hall–Kier alpha value is -6.29. The second-order valence-electron chi connectivity index (χ2n) is 10.9. The van der Waals surface area contributed by atoms with Crippen molar-refractivity contribution in [1.29, 1.82) is 0 Å². The molecule has 50 heavy (non-hydrogen) atoms. The summed E-state index contributed by atoms with van der Waals surface area (Å²) in [6.07, 6.45) is 1.44. The van der Waals surface area contributed by atoms with Crippen LogP contribution in [-0.2, 0) is 24.0 Å². The molecule has 0 fully saturated rings. The molecule has 0 aliphatic heterocycles. The van der Waals surface area contributed by atoms with Crippen LogP contribution in [0.4, 0.5) is 0 Å². The lowest BCUT2D eigenvalue weighted by Gasteiger charge is -2.17. The molecule has 3 aromatic carbocycles. The third-order valence-corrected chi connectivity index (χ3v) is 6.01. The van der Waals surface area contributed by atoms with E-state index in [1.807, 2.05) is 0 Å². The fourth-order valence-corrected chi connectivity index (χ4v) is 3.45. The third-order valence-electron chi connectivity index (χ3n) is 6.01. The zero-order valence-corrected chi connectivity index (χ0v) is 29.5. The molecule has 0 atom stereocenters. The van der Waals surface area contributed by atoms with Crippen molar-refractivity contribution in [2.45, 2.75) is 34.6 Å². The van der Waals surface area contributed by atoms with Crippen molar-refractivity contribution < 1.29 is 47.7 Å². The normalized spacial score (nSPS) is 9.50. The number of carbonyl (C=O) groups is 5. The Morgan fingerprint density at radius 3 is 1.28 bits per heavy atom. The fourth-order valence-electron chi connectivity index (χ4n) is 3.45. The van der Waals surface area contributed by atoms with Gasteiger partial charge in [0.15, 0.2) is 11.5 Å². The standard InChI is InChI=1S/C32H30O8.2C4H6O/c1-18(2)30(33)38-23-12-9-21(10-13-23)24-14-11-22(15-26(24)39-31(34)19(3)4)25-16-28(36-7)29(37-8)17-27(25)40-32(35)20(5)6;2*1-4(2)3-5/h9-17H,1,3,5H2,2,4,6-8H3;2*3H,1H2,2H3. The maximum absolute atomic E-state index is 12.6. The van der Waals surface area contributed by atoms with E-state index in [2.05, 4.69) is 32.9 Å². The van der Waals surface area contributed by atoms with Crippen LogP contribution in [0, 0.1) is 0 Å². The largest absolute Gasteiger partial charge is 0.493 e. The van der Waals surface area contributed by atoms with Crippen LogP contribution in [0.2, 0.25) is 0 Å². The smallest absolute Gasteiger partial charge is 0.338 e. The molecule has 0 aromatic heterocycles. The Morgan fingerprint density at radius 2 is 0.880 bits per heavy atom. The van der Waals surface area contributed by atoms with Crippen LogP contribution in [0.5, 0.6) is 28.7 Å². The van der Waals surface area contributed by atoms with Gasteiger partial charge in [-0.15, -0.1) is 0 Å². The molecule has 0 spiro atoms. The molecule has 0 N–H and O–H groups in total. The van der Waals surface area contributed by atoms with Crippen molar-refractivity contribution in [3.8, 4) is 51.0 Å². The van der Waals surface area contributed by atoms with Crippen molar-refractivity contribution in [3.63, 3.8) is 0 Å². The van der Waals surface area contributed by atoms with Crippen LogP contribution in [-0.4, -0.2) is 44.7 Å². The third kappa shape index (κ3) is 13.1. The molecule has 0 amide bonds. The number of benzene rings is 3. The summed E-state index contributed by atoms with van der Waals surface area (Å²) < 4.78 is 27.4. The van der Waals surface area contributed by atoms with Crippen LogP contribution in [0.3, 0.4) is 0 Å². The zero-order chi connectivity index (χ0) is 38.1. The average Bonchev–Trinajstić information content (AvgIpc) is 3.08. The van der Waals surface area contributed by atoms with Gasteiger partial charge in [0.2, 0.25) is 0 Å². The fraction of sp³-hybridized carbons (Fsp3) is 0.175. The second-order valence-corrected chi connectivity index (χ2v) is 10.9. The van der Waals surface area contributed by atoms with E-state index in [9.17, 15) is 24.0 Å².